The van der Waals surface area contributed by atoms with Crippen LogP contribution in [0.15, 0.2) is 47.6 Å². The summed E-state index contributed by atoms with van der Waals surface area (Å²) in [6.45, 7) is 0. The maximum Gasteiger partial charge on any atom is 0.241 e. The van der Waals surface area contributed by atoms with Gasteiger partial charge in [0.15, 0.2) is 0 Å². The number of hydrogen-bond donors (Lipinski definition) is 2. The minimum absolute atomic E-state index is 0.186. The normalized spacial score (nSPS) is 11.7. The fourth-order valence-corrected chi connectivity index (χ4v) is 2.54. The first kappa shape index (κ1) is 13.5. The molecule has 0 bridgehead atoms. The Kier molecular flexibility index (Phi) is 3.11. The average molecular weight is 307 g/mol. The van der Waals surface area contributed by atoms with E-state index < -0.39 is 15.8 Å². The molecule has 2 heterocycles. The van der Waals surface area contributed by atoms with Crippen LogP contribution in [-0.4, -0.2) is 18.4 Å². The Labute approximate surface area is 119 Å². The van der Waals surface area contributed by atoms with Crippen LogP contribution in [0.5, 0.6) is 11.5 Å². The predicted molar refractivity (Wildman–Crippen MR) is 73.9 cm³/mol. The first-order chi connectivity index (χ1) is 9.93. The summed E-state index contributed by atoms with van der Waals surface area (Å²) < 4.78 is 41.7. The minimum Gasteiger partial charge on any atom is -0.454 e. The van der Waals surface area contributed by atoms with E-state index in [1.165, 1.54) is 6.20 Å². The van der Waals surface area contributed by atoms with Gasteiger partial charge in [-0.1, -0.05) is 0 Å². The van der Waals surface area contributed by atoms with E-state index in [4.69, 9.17) is 9.88 Å². The van der Waals surface area contributed by atoms with Crippen LogP contribution in [0, 0.1) is 5.82 Å². The predicted octanol–water partition coefficient (Wildman–Crippen LogP) is 2.14. The fraction of sp³-hybridized carbons (Fsp3) is 0. The molecule has 0 aliphatic carbocycles. The number of sulfonamides is 1. The standard InChI is InChI=1S/C13H10FN3O3S/c14-9-1-2-12(21(15,18)19)11(6-9)20-10-5-8-3-4-16-13(8)17-7-10/h1-7H,(H,16,17)(H2,15,18,19). The number of rotatable bonds is 3. The molecule has 0 aliphatic rings. The molecule has 0 saturated heterocycles. The van der Waals surface area contributed by atoms with Crippen LogP contribution in [0.4, 0.5) is 4.39 Å². The van der Waals surface area contributed by atoms with E-state index in [-0.39, 0.29) is 16.4 Å². The van der Waals surface area contributed by atoms with E-state index >= 15 is 0 Å². The number of ether oxygens (including phenoxy) is 1. The van der Waals surface area contributed by atoms with Crippen molar-refractivity contribution in [1.29, 1.82) is 0 Å². The number of aromatic amines is 1. The van der Waals surface area contributed by atoms with Crippen LogP contribution < -0.4 is 9.88 Å². The van der Waals surface area contributed by atoms with Gasteiger partial charge in [-0.2, -0.15) is 0 Å². The molecule has 3 aromatic rings. The van der Waals surface area contributed by atoms with E-state index in [2.05, 4.69) is 9.97 Å². The molecule has 3 N–H and O–H groups in total. The highest BCUT2D eigenvalue weighted by atomic mass is 32.2. The van der Waals surface area contributed by atoms with E-state index in [9.17, 15) is 12.8 Å². The Morgan fingerprint density at radius 3 is 2.81 bits per heavy atom. The van der Waals surface area contributed by atoms with Crippen LogP contribution in [0.25, 0.3) is 11.0 Å². The van der Waals surface area contributed by atoms with Gasteiger partial charge < -0.3 is 9.72 Å². The molecule has 3 rings (SSSR count). The van der Waals surface area contributed by atoms with Gasteiger partial charge in [-0.05, 0) is 24.3 Å². The molecular weight excluding hydrogens is 297 g/mol. The topological polar surface area (TPSA) is 98.1 Å². The number of H-pyrrole nitrogens is 1. The first-order valence-corrected chi connectivity index (χ1v) is 7.41. The summed E-state index contributed by atoms with van der Waals surface area (Å²) in [5.41, 5.74) is 0.660. The zero-order valence-electron chi connectivity index (χ0n) is 10.6. The van der Waals surface area contributed by atoms with Crippen molar-refractivity contribution in [2.75, 3.05) is 0 Å². The number of aromatic nitrogens is 2. The van der Waals surface area contributed by atoms with Crippen molar-refractivity contribution < 1.29 is 17.5 Å². The number of benzene rings is 1. The second kappa shape index (κ2) is 4.83. The molecule has 21 heavy (non-hydrogen) atoms. The molecule has 2 aromatic heterocycles. The lowest BCUT2D eigenvalue weighted by atomic mass is 10.3. The average Bonchev–Trinajstić information content (AvgIpc) is 2.84. The quantitative estimate of drug-likeness (QED) is 0.774. The number of fused-ring (bicyclic) bond motifs is 1. The van der Waals surface area contributed by atoms with Crippen LogP contribution in [0.2, 0.25) is 0 Å². The maximum atomic E-state index is 13.3. The van der Waals surface area contributed by atoms with Crippen LogP contribution in [0.3, 0.4) is 0 Å². The summed E-state index contributed by atoms with van der Waals surface area (Å²) in [6, 6.07) is 6.45. The molecule has 108 valence electrons. The van der Waals surface area contributed by atoms with Crippen LogP contribution in [0.1, 0.15) is 0 Å². The molecule has 0 spiro atoms. The van der Waals surface area contributed by atoms with Crippen LogP contribution >= 0.6 is 0 Å². The van der Waals surface area contributed by atoms with Gasteiger partial charge in [-0.15, -0.1) is 0 Å². The monoisotopic (exact) mass is 307 g/mol. The minimum atomic E-state index is -4.02. The fourth-order valence-electron chi connectivity index (χ4n) is 1.90. The summed E-state index contributed by atoms with van der Waals surface area (Å²) in [7, 11) is -4.02. The molecule has 0 amide bonds. The van der Waals surface area contributed by atoms with Gasteiger partial charge in [-0.25, -0.2) is 22.9 Å². The highest BCUT2D eigenvalue weighted by Gasteiger charge is 2.17. The lowest BCUT2D eigenvalue weighted by Gasteiger charge is -2.09. The molecular formula is C13H10FN3O3S. The lowest BCUT2D eigenvalue weighted by molar-refractivity contribution is 0.460. The molecule has 0 aliphatic heterocycles. The van der Waals surface area contributed by atoms with E-state index in [1.807, 2.05) is 0 Å². The molecule has 1 aromatic carbocycles. The number of nitrogens with two attached hydrogens (primary N) is 1. The van der Waals surface area contributed by atoms with Gasteiger partial charge in [0.05, 0.1) is 6.20 Å². The highest BCUT2D eigenvalue weighted by molar-refractivity contribution is 7.89. The van der Waals surface area contributed by atoms with E-state index in [1.54, 1.807) is 18.3 Å². The zero-order chi connectivity index (χ0) is 15.0. The largest absolute Gasteiger partial charge is 0.454 e. The van der Waals surface area contributed by atoms with Gasteiger partial charge in [0, 0.05) is 17.6 Å². The number of primary sulfonamides is 1. The molecule has 0 saturated carbocycles. The number of nitrogens with zero attached hydrogens (tertiary/aromatic N) is 1. The molecule has 0 atom stereocenters. The molecule has 0 radical (unpaired) electrons. The summed E-state index contributed by atoms with van der Waals surface area (Å²) in [4.78, 5) is 6.72. The number of pyridine rings is 1. The third-order valence-electron chi connectivity index (χ3n) is 2.82. The molecule has 8 heteroatoms. The van der Waals surface area contributed by atoms with Crippen molar-refractivity contribution in [3.05, 3.63) is 48.5 Å². The zero-order valence-corrected chi connectivity index (χ0v) is 11.4. The molecule has 0 unspecified atom stereocenters. The summed E-state index contributed by atoms with van der Waals surface area (Å²) in [6.07, 6.45) is 3.11. The van der Waals surface area contributed by atoms with Gasteiger partial charge in [-0.3, -0.25) is 0 Å². The van der Waals surface area contributed by atoms with Crippen LogP contribution in [-0.2, 0) is 10.0 Å². The SMILES string of the molecule is NS(=O)(=O)c1ccc(F)cc1Oc1cnc2[nH]ccc2c1. The molecule has 0 fully saturated rings. The van der Waals surface area contributed by atoms with Crippen molar-refractivity contribution >= 4 is 21.1 Å². The summed E-state index contributed by atoms with van der Waals surface area (Å²) >= 11 is 0. The number of hydrogen-bond acceptors (Lipinski definition) is 4. The Morgan fingerprint density at radius 1 is 1.24 bits per heavy atom. The van der Waals surface area contributed by atoms with Gasteiger partial charge in [0.25, 0.3) is 0 Å². The maximum absolute atomic E-state index is 13.3. The lowest BCUT2D eigenvalue weighted by Crippen LogP contribution is -2.13. The highest BCUT2D eigenvalue weighted by Crippen LogP contribution is 2.29. The van der Waals surface area contributed by atoms with Gasteiger partial charge in [0.2, 0.25) is 10.0 Å². The van der Waals surface area contributed by atoms with E-state index in [0.29, 0.717) is 5.65 Å². The van der Waals surface area contributed by atoms with Crippen molar-refractivity contribution in [3.8, 4) is 11.5 Å². The van der Waals surface area contributed by atoms with Gasteiger partial charge in [0.1, 0.15) is 27.9 Å². The Balaban J connectivity index is 2.06. The van der Waals surface area contributed by atoms with Crippen molar-refractivity contribution in [3.63, 3.8) is 0 Å². The number of halogens is 1. The van der Waals surface area contributed by atoms with Crippen molar-refractivity contribution in [1.82, 2.24) is 9.97 Å². The summed E-state index contributed by atoms with van der Waals surface area (Å²) in [5.74, 6) is -0.542. The third kappa shape index (κ3) is 2.71. The van der Waals surface area contributed by atoms with E-state index in [0.717, 1.165) is 23.6 Å². The smallest absolute Gasteiger partial charge is 0.241 e. The molecule has 6 nitrogen and oxygen atoms in total. The van der Waals surface area contributed by atoms with Crippen molar-refractivity contribution in [2.45, 2.75) is 4.90 Å². The van der Waals surface area contributed by atoms with Crippen molar-refractivity contribution in [2.24, 2.45) is 5.14 Å². The second-order valence-electron chi connectivity index (χ2n) is 4.32. The third-order valence-corrected chi connectivity index (χ3v) is 3.77. The van der Waals surface area contributed by atoms with Gasteiger partial charge >= 0.3 is 0 Å². The number of nitrogens with one attached hydrogen (secondary N) is 1. The second-order valence-corrected chi connectivity index (χ2v) is 5.85. The Morgan fingerprint density at radius 2 is 2.05 bits per heavy atom. The Hall–Kier alpha value is -2.45. The summed E-state index contributed by atoms with van der Waals surface area (Å²) in [5, 5.41) is 5.86. The first-order valence-electron chi connectivity index (χ1n) is 5.87. The Bertz CT molecular complexity index is 921.